The fraction of sp³-hybridized carbons (Fsp3) is 0.968. The molecule has 10 heteroatoms. The smallest absolute Gasteiger partial charge is 0.303 e. The summed E-state index contributed by atoms with van der Waals surface area (Å²) in [5, 5.41) is 18.7. The number of carboxylic acid groups (broad SMARTS) is 1. The van der Waals surface area contributed by atoms with E-state index in [1.165, 1.54) is 83.5 Å². The fourth-order valence-electron chi connectivity index (χ4n) is 4.71. The Bertz CT molecular complexity index is 659. The lowest BCUT2D eigenvalue weighted by molar-refractivity contribution is -0.870. The van der Waals surface area contributed by atoms with Gasteiger partial charge in [-0.25, -0.2) is 0 Å². The molecule has 0 rings (SSSR count). The van der Waals surface area contributed by atoms with Gasteiger partial charge in [0.1, 0.15) is 19.3 Å². The van der Waals surface area contributed by atoms with Gasteiger partial charge in [-0.1, -0.05) is 110 Å². The van der Waals surface area contributed by atoms with E-state index < -0.39 is 26.0 Å². The first-order valence-corrected chi connectivity index (χ1v) is 17.9. The topological polar surface area (TPSA) is 125 Å². The van der Waals surface area contributed by atoms with Gasteiger partial charge in [0, 0.05) is 13.0 Å². The highest BCUT2D eigenvalue weighted by atomic mass is 31.2. The Balaban J connectivity index is 4.35. The Hall–Kier alpha value is -0.540. The molecule has 246 valence electrons. The van der Waals surface area contributed by atoms with E-state index in [4.69, 9.17) is 18.9 Å². The van der Waals surface area contributed by atoms with Crippen LogP contribution >= 0.6 is 7.82 Å². The first kappa shape index (κ1) is 40.5. The number of aliphatic carboxylic acids is 1. The van der Waals surface area contributed by atoms with Crippen LogP contribution in [0.15, 0.2) is 0 Å². The summed E-state index contributed by atoms with van der Waals surface area (Å²) in [5.41, 5.74) is 0. The molecule has 0 saturated carbocycles. The normalized spacial score (nSPS) is 15.1. The van der Waals surface area contributed by atoms with Crippen LogP contribution in [0.1, 0.15) is 135 Å². The van der Waals surface area contributed by atoms with E-state index in [0.29, 0.717) is 30.3 Å². The van der Waals surface area contributed by atoms with E-state index in [-0.39, 0.29) is 26.2 Å². The van der Waals surface area contributed by atoms with Gasteiger partial charge in [-0.3, -0.25) is 9.36 Å². The SMILES string of the molecule is CCCCCCCCCCCCCCCCCC[C@@H](OP(=O)([O-])OCC[N+](C)(C)C)[C@H](CO)OCCCCC(=O)O. The van der Waals surface area contributed by atoms with E-state index >= 15 is 0 Å². The number of phosphoric acid groups is 1. The second-order valence-electron chi connectivity index (χ2n) is 12.5. The average Bonchev–Trinajstić information content (AvgIpc) is 2.88. The number of carbonyl (C=O) groups is 1. The van der Waals surface area contributed by atoms with Crippen LogP contribution in [0.25, 0.3) is 0 Å². The zero-order valence-corrected chi connectivity index (χ0v) is 27.8. The summed E-state index contributed by atoms with van der Waals surface area (Å²) in [6, 6.07) is 0. The maximum absolute atomic E-state index is 12.5. The van der Waals surface area contributed by atoms with Crippen molar-refractivity contribution in [2.45, 2.75) is 148 Å². The summed E-state index contributed by atoms with van der Waals surface area (Å²) in [5.74, 6) is -0.869. The molecule has 0 saturated heterocycles. The van der Waals surface area contributed by atoms with Crippen molar-refractivity contribution in [3.05, 3.63) is 0 Å². The minimum Gasteiger partial charge on any atom is -0.756 e. The lowest BCUT2D eigenvalue weighted by Gasteiger charge is -2.33. The minimum atomic E-state index is -4.58. The van der Waals surface area contributed by atoms with Gasteiger partial charge in [0.2, 0.25) is 0 Å². The Morgan fingerprint density at radius 1 is 0.756 bits per heavy atom. The molecular formula is C31H64NO8P. The van der Waals surface area contributed by atoms with Crippen molar-refractivity contribution in [2.24, 2.45) is 0 Å². The Labute approximate surface area is 251 Å². The predicted molar refractivity (Wildman–Crippen MR) is 164 cm³/mol. The van der Waals surface area contributed by atoms with Crippen molar-refractivity contribution in [1.82, 2.24) is 0 Å². The molecule has 0 radical (unpaired) electrons. The number of carboxylic acids is 1. The minimum absolute atomic E-state index is 0.00980. The number of aliphatic hydroxyl groups excluding tert-OH is 1. The number of phosphoric ester groups is 1. The van der Waals surface area contributed by atoms with Gasteiger partial charge in [0.25, 0.3) is 7.82 Å². The summed E-state index contributed by atoms with van der Waals surface area (Å²) in [6.45, 7) is 2.61. The number of unbranched alkanes of at least 4 members (excludes halogenated alkanes) is 16. The zero-order chi connectivity index (χ0) is 30.8. The molecule has 0 amide bonds. The van der Waals surface area contributed by atoms with Crippen LogP contribution in [0.3, 0.4) is 0 Å². The monoisotopic (exact) mass is 609 g/mol. The highest BCUT2D eigenvalue weighted by Gasteiger charge is 2.27. The third kappa shape index (κ3) is 28.0. The summed E-state index contributed by atoms with van der Waals surface area (Å²) in [7, 11) is 1.25. The number of hydrogen-bond donors (Lipinski definition) is 2. The Kier molecular flexibility index (Phi) is 25.6. The predicted octanol–water partition coefficient (Wildman–Crippen LogP) is 6.85. The van der Waals surface area contributed by atoms with Gasteiger partial charge in [0.05, 0.1) is 33.9 Å². The van der Waals surface area contributed by atoms with Crippen molar-refractivity contribution in [3.8, 4) is 0 Å². The number of hydrogen-bond acceptors (Lipinski definition) is 7. The zero-order valence-electron chi connectivity index (χ0n) is 26.9. The molecule has 0 fully saturated rings. The molecule has 0 heterocycles. The van der Waals surface area contributed by atoms with Crippen LogP contribution in [0.2, 0.25) is 0 Å². The van der Waals surface area contributed by atoms with E-state index in [0.717, 1.165) is 19.3 Å². The highest BCUT2D eigenvalue weighted by Crippen LogP contribution is 2.41. The molecule has 0 aromatic heterocycles. The van der Waals surface area contributed by atoms with Crippen molar-refractivity contribution in [2.75, 3.05) is 47.5 Å². The van der Waals surface area contributed by atoms with E-state index in [2.05, 4.69) is 6.92 Å². The maximum Gasteiger partial charge on any atom is 0.303 e. The molecule has 3 atom stereocenters. The van der Waals surface area contributed by atoms with Crippen molar-refractivity contribution >= 4 is 13.8 Å². The Morgan fingerprint density at radius 2 is 1.24 bits per heavy atom. The molecular weight excluding hydrogens is 545 g/mol. The Morgan fingerprint density at radius 3 is 1.68 bits per heavy atom. The van der Waals surface area contributed by atoms with Crippen LogP contribution in [-0.4, -0.2) is 80.4 Å². The van der Waals surface area contributed by atoms with Gasteiger partial charge in [-0.2, -0.15) is 0 Å². The number of likely N-dealkylation sites (N-methyl/N-ethyl adjacent to an activating group) is 1. The molecule has 1 unspecified atom stereocenters. The third-order valence-electron chi connectivity index (χ3n) is 7.33. The second-order valence-corrected chi connectivity index (χ2v) is 13.8. The molecule has 9 nitrogen and oxygen atoms in total. The van der Waals surface area contributed by atoms with Gasteiger partial charge in [0.15, 0.2) is 0 Å². The number of nitrogens with zero attached hydrogens (tertiary/aromatic N) is 1. The molecule has 0 aromatic carbocycles. The van der Waals surface area contributed by atoms with Crippen molar-refractivity contribution < 1.29 is 42.7 Å². The van der Waals surface area contributed by atoms with Crippen LogP contribution < -0.4 is 4.89 Å². The molecule has 41 heavy (non-hydrogen) atoms. The summed E-state index contributed by atoms with van der Waals surface area (Å²) in [4.78, 5) is 23.3. The van der Waals surface area contributed by atoms with E-state index in [1.54, 1.807) is 0 Å². The van der Waals surface area contributed by atoms with Gasteiger partial charge < -0.3 is 33.4 Å². The van der Waals surface area contributed by atoms with Gasteiger partial charge >= 0.3 is 5.97 Å². The van der Waals surface area contributed by atoms with E-state index in [1.807, 2.05) is 21.1 Å². The first-order chi connectivity index (χ1) is 19.5. The summed E-state index contributed by atoms with van der Waals surface area (Å²) >= 11 is 0. The molecule has 0 spiro atoms. The van der Waals surface area contributed by atoms with Gasteiger partial charge in [-0.05, 0) is 19.3 Å². The number of rotatable bonds is 31. The molecule has 0 aromatic rings. The number of quaternary nitrogens is 1. The van der Waals surface area contributed by atoms with Crippen LogP contribution in [0.5, 0.6) is 0 Å². The molecule has 2 N–H and O–H groups in total. The van der Waals surface area contributed by atoms with Crippen LogP contribution in [0.4, 0.5) is 0 Å². The fourth-order valence-corrected chi connectivity index (χ4v) is 5.65. The van der Waals surface area contributed by atoms with Crippen LogP contribution in [-0.2, 0) is 23.1 Å². The lowest BCUT2D eigenvalue weighted by Crippen LogP contribution is -2.38. The second kappa shape index (κ2) is 25.9. The quantitative estimate of drug-likeness (QED) is 0.0497. The first-order valence-electron chi connectivity index (χ1n) is 16.4. The largest absolute Gasteiger partial charge is 0.756 e. The lowest BCUT2D eigenvalue weighted by atomic mass is 10.0. The summed E-state index contributed by atoms with van der Waals surface area (Å²) < 4.78 is 29.3. The van der Waals surface area contributed by atoms with Gasteiger partial charge in [-0.15, -0.1) is 0 Å². The van der Waals surface area contributed by atoms with Crippen LogP contribution in [0, 0.1) is 0 Å². The average molecular weight is 610 g/mol. The number of ether oxygens (including phenoxy) is 1. The maximum atomic E-state index is 12.5. The molecule has 0 aliphatic heterocycles. The third-order valence-corrected chi connectivity index (χ3v) is 8.36. The summed E-state index contributed by atoms with van der Waals surface area (Å²) in [6.07, 6.45) is 19.8. The molecule has 0 aliphatic carbocycles. The van der Waals surface area contributed by atoms with Crippen molar-refractivity contribution in [3.63, 3.8) is 0 Å². The highest BCUT2D eigenvalue weighted by molar-refractivity contribution is 7.45. The molecule has 0 aliphatic rings. The molecule has 0 bridgehead atoms. The van der Waals surface area contributed by atoms with E-state index in [9.17, 15) is 19.4 Å². The number of aliphatic hydroxyl groups is 1. The van der Waals surface area contributed by atoms with Crippen molar-refractivity contribution in [1.29, 1.82) is 0 Å². The standard InChI is InChI=1S/C31H64NO8P/c1-5-6-7-8-9-10-11-12-13-14-15-16-17-18-19-20-23-29(30(28-33)38-26-22-21-24-31(34)35)40-41(36,37)39-27-25-32(2,3)4/h29-30,33H,5-28H2,1-4H3,(H-,34,35,36,37)/t29-,30+/m1/s1.